The zero-order valence-electron chi connectivity index (χ0n) is 34.5. The van der Waals surface area contributed by atoms with Crippen LogP contribution in [-0.2, 0) is 28.3 Å². The molecule has 0 aromatic heterocycles. The second kappa shape index (κ2) is 17.6. The van der Waals surface area contributed by atoms with Gasteiger partial charge in [0.2, 0.25) is 5.91 Å². The van der Waals surface area contributed by atoms with Gasteiger partial charge in [0, 0.05) is 26.7 Å². The first-order valence-electron chi connectivity index (χ1n) is 19.2. The molecule has 0 N–H and O–H groups in total. The fourth-order valence-corrected chi connectivity index (χ4v) is 13.0. The number of anilines is 1. The molecule has 4 aromatic carbocycles. The van der Waals surface area contributed by atoms with Gasteiger partial charge in [0.15, 0.2) is 8.32 Å². The lowest BCUT2D eigenvalue weighted by Crippen LogP contribution is -2.71. The maximum atomic E-state index is 15.2. The van der Waals surface area contributed by atoms with E-state index in [0.717, 1.165) is 21.6 Å². The van der Waals surface area contributed by atoms with E-state index in [1.807, 2.05) is 117 Å². The highest BCUT2D eigenvalue weighted by atomic mass is 31.2. The van der Waals surface area contributed by atoms with Crippen molar-refractivity contribution in [3.05, 3.63) is 133 Å². The summed E-state index contributed by atoms with van der Waals surface area (Å²) in [6.07, 6.45) is 0.834. The molecule has 0 aliphatic carbocycles. The number of carbonyl (C=O) groups is 4. The molecule has 9 nitrogen and oxygen atoms in total. The highest BCUT2D eigenvalue weighted by Gasteiger charge is 2.60. The first-order chi connectivity index (χ1) is 27.0. The monoisotopic (exact) mass is 806 g/mol. The van der Waals surface area contributed by atoms with Crippen molar-refractivity contribution in [2.75, 3.05) is 25.6 Å². The summed E-state index contributed by atoms with van der Waals surface area (Å²) in [7, 11) is 1.33. The fraction of sp³-hybridized carbons (Fsp3) is 0.326. The van der Waals surface area contributed by atoms with Gasteiger partial charge >= 0.3 is 17.9 Å². The van der Waals surface area contributed by atoms with E-state index in [0.29, 0.717) is 0 Å². The van der Waals surface area contributed by atoms with Crippen LogP contribution in [0.5, 0.6) is 0 Å². The standard InChI is InChI=1S/C46H55N2O7PSi/c1-11-31-53-45(52)42(56(36-21-15-12-16-22-36,37-23-17-13-18-24-37)38-25-19-14-20-26-38)48-40(39(41(48)49)33(3)55-57(9,10)46(4,5)6)32(2)43(50)54-44(51)34-27-29-35(30-28-34)47(7)8/h11-30,32-33,39-40H,1,31H2,2-10H3/t32-,33+,39-,40-/m1/s1. The number of hydrogen-bond donors (Lipinski definition) is 0. The maximum absolute atomic E-state index is 15.2. The molecule has 57 heavy (non-hydrogen) atoms. The third kappa shape index (κ3) is 8.64. The summed E-state index contributed by atoms with van der Waals surface area (Å²) in [5, 5.41) is 2.24. The molecule has 300 valence electrons. The Balaban J connectivity index is 1.78. The molecular formula is C46H55N2O7PSi. The van der Waals surface area contributed by atoms with Crippen molar-refractivity contribution in [1.82, 2.24) is 4.90 Å². The van der Waals surface area contributed by atoms with Crippen LogP contribution in [-0.4, -0.2) is 75.3 Å². The van der Waals surface area contributed by atoms with Crippen LogP contribution in [0.25, 0.3) is 0 Å². The molecule has 1 amide bonds. The van der Waals surface area contributed by atoms with Gasteiger partial charge in [-0.3, -0.25) is 9.59 Å². The summed E-state index contributed by atoms with van der Waals surface area (Å²) in [6, 6.07) is 34.7. The van der Waals surface area contributed by atoms with Gasteiger partial charge in [-0.05, 0) is 72.2 Å². The lowest BCUT2D eigenvalue weighted by Gasteiger charge is -2.54. The minimum absolute atomic E-state index is 0.111. The van der Waals surface area contributed by atoms with Crippen LogP contribution in [0.4, 0.5) is 5.69 Å². The van der Waals surface area contributed by atoms with Gasteiger partial charge in [-0.1, -0.05) is 124 Å². The molecule has 1 aliphatic heterocycles. The second-order valence-corrected chi connectivity index (χ2v) is 24.2. The van der Waals surface area contributed by atoms with E-state index in [-0.39, 0.29) is 28.5 Å². The molecule has 11 heteroatoms. The van der Waals surface area contributed by atoms with Gasteiger partial charge in [-0.2, -0.15) is 0 Å². The zero-order valence-corrected chi connectivity index (χ0v) is 36.4. The number of β-lactam (4-membered cyclic amide) rings is 1. The first-order valence-corrected chi connectivity index (χ1v) is 23.9. The maximum Gasteiger partial charge on any atom is 0.356 e. The summed E-state index contributed by atoms with van der Waals surface area (Å²) < 4.78 is 18.4. The molecule has 0 spiro atoms. The average molecular weight is 807 g/mol. The Morgan fingerprint density at radius 1 is 0.825 bits per heavy atom. The van der Waals surface area contributed by atoms with Crippen LogP contribution in [0.3, 0.4) is 0 Å². The fourth-order valence-electron chi connectivity index (χ4n) is 7.15. The third-order valence-electron chi connectivity index (χ3n) is 11.2. The Labute approximate surface area is 338 Å². The largest absolute Gasteiger partial charge is 0.457 e. The lowest BCUT2D eigenvalue weighted by molar-refractivity contribution is -0.165. The van der Waals surface area contributed by atoms with Gasteiger partial charge < -0.3 is 23.7 Å². The molecule has 4 aromatic rings. The summed E-state index contributed by atoms with van der Waals surface area (Å²) in [6.45, 7) is 14.5. The lowest BCUT2D eigenvalue weighted by atomic mass is 9.76. The Kier molecular flexibility index (Phi) is 13.3. The van der Waals surface area contributed by atoms with Crippen molar-refractivity contribution < 1.29 is 33.1 Å². The van der Waals surface area contributed by atoms with Gasteiger partial charge in [0.25, 0.3) is 0 Å². The molecular weight excluding hydrogens is 752 g/mol. The molecule has 5 rings (SSSR count). The van der Waals surface area contributed by atoms with E-state index in [4.69, 9.17) is 13.9 Å². The number of carbonyl (C=O) groups excluding carboxylic acids is 4. The number of benzene rings is 4. The molecule has 1 aliphatic rings. The van der Waals surface area contributed by atoms with E-state index in [1.54, 1.807) is 31.2 Å². The van der Waals surface area contributed by atoms with Crippen molar-refractivity contribution in [3.8, 4) is 0 Å². The van der Waals surface area contributed by atoms with Crippen molar-refractivity contribution >= 4 is 66.0 Å². The predicted molar refractivity (Wildman–Crippen MR) is 234 cm³/mol. The second-order valence-electron chi connectivity index (χ2n) is 16.1. The van der Waals surface area contributed by atoms with Crippen molar-refractivity contribution in [2.45, 2.75) is 64.9 Å². The predicted octanol–water partition coefficient (Wildman–Crippen LogP) is 7.16. The molecule has 0 radical (unpaired) electrons. The minimum atomic E-state index is -3.28. The molecule has 0 bridgehead atoms. The van der Waals surface area contributed by atoms with Crippen molar-refractivity contribution in [1.29, 1.82) is 0 Å². The van der Waals surface area contributed by atoms with Crippen LogP contribution >= 0.6 is 6.89 Å². The highest BCUT2D eigenvalue weighted by Crippen LogP contribution is 2.51. The quantitative estimate of drug-likeness (QED) is 0.0331. The summed E-state index contributed by atoms with van der Waals surface area (Å²) >= 11 is 0. The molecule has 4 atom stereocenters. The van der Waals surface area contributed by atoms with Gasteiger partial charge in [0.05, 0.1) is 29.5 Å². The third-order valence-corrected chi connectivity index (χ3v) is 20.0. The van der Waals surface area contributed by atoms with Crippen molar-refractivity contribution in [3.63, 3.8) is 0 Å². The van der Waals surface area contributed by atoms with Crippen LogP contribution < -0.4 is 20.8 Å². The number of nitrogens with zero attached hydrogens (tertiary/aromatic N) is 2. The topological polar surface area (TPSA) is 102 Å². The van der Waals surface area contributed by atoms with E-state index in [1.165, 1.54) is 11.0 Å². The Morgan fingerprint density at radius 2 is 1.30 bits per heavy atom. The molecule has 1 fully saturated rings. The number of rotatable bonds is 14. The number of likely N-dealkylation sites (tertiary alicyclic amines) is 1. The van der Waals surface area contributed by atoms with Gasteiger partial charge in [-0.25, -0.2) is 9.59 Å². The van der Waals surface area contributed by atoms with Crippen LogP contribution in [0.2, 0.25) is 18.1 Å². The van der Waals surface area contributed by atoms with E-state index in [2.05, 4.69) is 40.4 Å². The Bertz CT molecular complexity index is 2030. The summed E-state index contributed by atoms with van der Waals surface area (Å²) in [4.78, 5) is 61.3. The van der Waals surface area contributed by atoms with E-state index in [9.17, 15) is 14.4 Å². The normalized spacial score (nSPS) is 16.8. The smallest absolute Gasteiger partial charge is 0.356 e. The van der Waals surface area contributed by atoms with E-state index >= 15 is 4.79 Å². The van der Waals surface area contributed by atoms with Gasteiger partial charge in [0.1, 0.15) is 12.0 Å². The highest BCUT2D eigenvalue weighted by molar-refractivity contribution is 7.96. The Hall–Kier alpha value is -5.02. The number of amides is 1. The average Bonchev–Trinajstić information content (AvgIpc) is 3.19. The minimum Gasteiger partial charge on any atom is -0.457 e. The van der Waals surface area contributed by atoms with Crippen molar-refractivity contribution in [2.24, 2.45) is 11.8 Å². The number of hydrogen-bond acceptors (Lipinski definition) is 8. The number of esters is 3. The van der Waals surface area contributed by atoms with Crippen LogP contribution in [0.15, 0.2) is 128 Å². The van der Waals surface area contributed by atoms with Crippen LogP contribution in [0, 0.1) is 11.8 Å². The SMILES string of the molecule is C=CCOC(=O)C(N1C(=O)[C@H]([C@H](C)O[Si](C)(C)C(C)(C)C)[C@H]1[C@@H](C)C(=O)OC(=O)c1ccc(N(C)C)cc1)=P(c1ccccc1)(c1ccccc1)c1ccccc1. The molecule has 1 heterocycles. The summed E-state index contributed by atoms with van der Waals surface area (Å²) in [5.74, 6) is -4.67. The Morgan fingerprint density at radius 3 is 1.72 bits per heavy atom. The molecule has 1 saturated heterocycles. The van der Waals surface area contributed by atoms with Gasteiger partial charge in [-0.15, -0.1) is 0 Å². The zero-order chi connectivity index (χ0) is 41.7. The van der Waals surface area contributed by atoms with E-state index < -0.39 is 57.1 Å². The molecule has 0 unspecified atom stereocenters. The number of ether oxygens (including phenoxy) is 2. The van der Waals surface area contributed by atoms with Crippen LogP contribution in [0.1, 0.15) is 45.0 Å². The first kappa shape index (κ1) is 43.1. The molecule has 0 saturated carbocycles. The summed E-state index contributed by atoms with van der Waals surface area (Å²) in [5.41, 5.74) is 1.20.